The zero-order chi connectivity index (χ0) is 15.3. The first-order valence-corrected chi connectivity index (χ1v) is 8.55. The smallest absolute Gasteiger partial charge is 0.169 e. The molecule has 2 heterocycles. The number of carbonyl (C=O) groups excluding carboxylic acids is 1. The van der Waals surface area contributed by atoms with Gasteiger partial charge in [0.05, 0.1) is 13.0 Å². The van der Waals surface area contributed by atoms with Gasteiger partial charge < -0.3 is 4.74 Å². The van der Waals surface area contributed by atoms with Crippen LogP contribution in [0.2, 0.25) is 0 Å². The van der Waals surface area contributed by atoms with Crippen molar-refractivity contribution in [2.24, 2.45) is 5.92 Å². The molecule has 0 radical (unpaired) electrons. The van der Waals surface area contributed by atoms with E-state index in [0.29, 0.717) is 18.3 Å². The van der Waals surface area contributed by atoms with Crippen LogP contribution in [0.25, 0.3) is 0 Å². The van der Waals surface area contributed by atoms with Gasteiger partial charge in [0, 0.05) is 12.0 Å². The van der Waals surface area contributed by atoms with E-state index in [-0.39, 0.29) is 5.78 Å². The Bertz CT molecular complexity index is 753. The Morgan fingerprint density at radius 1 is 1.41 bits per heavy atom. The van der Waals surface area contributed by atoms with Gasteiger partial charge in [0.25, 0.3) is 0 Å². The second kappa shape index (κ2) is 5.16. The summed E-state index contributed by atoms with van der Waals surface area (Å²) in [6, 6.07) is 4.06. The van der Waals surface area contributed by atoms with E-state index in [0.717, 1.165) is 34.4 Å². The number of hydrogen-bond acceptors (Lipinski definition) is 5. The maximum atomic E-state index is 12.6. The first-order valence-electron chi connectivity index (χ1n) is 7.73. The second-order valence-corrected chi connectivity index (χ2v) is 7.55. The fourth-order valence-electron chi connectivity index (χ4n) is 3.18. The van der Waals surface area contributed by atoms with Gasteiger partial charge in [-0.15, -0.1) is 21.5 Å². The predicted molar refractivity (Wildman–Crippen MR) is 84.8 cm³/mol. The van der Waals surface area contributed by atoms with Gasteiger partial charge in [-0.05, 0) is 48.4 Å². The van der Waals surface area contributed by atoms with Gasteiger partial charge in [0.1, 0.15) is 15.8 Å². The highest BCUT2D eigenvalue weighted by molar-refractivity contribution is 7.11. The molecule has 0 bridgehead atoms. The molecule has 2 aromatic rings. The van der Waals surface area contributed by atoms with Crippen LogP contribution in [0.4, 0.5) is 0 Å². The first kappa shape index (κ1) is 13.9. The van der Waals surface area contributed by atoms with Crippen LogP contribution in [0.1, 0.15) is 50.8 Å². The van der Waals surface area contributed by atoms with Crippen molar-refractivity contribution >= 4 is 17.1 Å². The zero-order valence-corrected chi connectivity index (χ0v) is 13.6. The average molecular weight is 314 g/mol. The number of benzene rings is 1. The van der Waals surface area contributed by atoms with Crippen molar-refractivity contribution in [2.45, 2.75) is 39.0 Å². The van der Waals surface area contributed by atoms with Crippen molar-refractivity contribution in [2.75, 3.05) is 6.61 Å². The normalized spacial score (nSPS) is 22.3. The Morgan fingerprint density at radius 2 is 2.23 bits per heavy atom. The lowest BCUT2D eigenvalue weighted by molar-refractivity contribution is 0.0992. The van der Waals surface area contributed by atoms with Gasteiger partial charge in [0.2, 0.25) is 0 Å². The van der Waals surface area contributed by atoms with Crippen molar-refractivity contribution in [3.8, 4) is 5.75 Å². The number of hydrogen-bond donors (Lipinski definition) is 0. The third-order valence-electron chi connectivity index (χ3n) is 4.52. The molecular weight excluding hydrogens is 296 g/mol. The maximum absolute atomic E-state index is 12.6. The molecule has 2 aliphatic rings. The molecule has 0 N–H and O–H groups in total. The summed E-state index contributed by atoms with van der Waals surface area (Å²) in [5, 5.41) is 9.73. The maximum Gasteiger partial charge on any atom is 0.169 e. The standard InChI is InChI=1S/C17H18N2O2S/c1-9-5-13(9)14-7-12(6-11-3-4-21-17(11)14)15(20)8-16-19-18-10(2)22-16/h6-7,9,13H,3-5,8H2,1-2H3. The lowest BCUT2D eigenvalue weighted by Crippen LogP contribution is -2.05. The van der Waals surface area contributed by atoms with Crippen LogP contribution in [0.5, 0.6) is 5.75 Å². The molecule has 2 atom stereocenters. The topological polar surface area (TPSA) is 52.1 Å². The van der Waals surface area contributed by atoms with Crippen LogP contribution in [0.15, 0.2) is 12.1 Å². The van der Waals surface area contributed by atoms with Crippen LogP contribution in [-0.4, -0.2) is 22.6 Å². The SMILES string of the molecule is Cc1nnc(CC(=O)c2cc3c(c(C4CC4C)c2)OCC3)s1. The molecule has 1 aliphatic heterocycles. The molecule has 1 saturated carbocycles. The van der Waals surface area contributed by atoms with E-state index in [2.05, 4.69) is 23.2 Å². The molecule has 2 unspecified atom stereocenters. The van der Waals surface area contributed by atoms with E-state index in [4.69, 9.17) is 4.74 Å². The minimum Gasteiger partial charge on any atom is -0.493 e. The number of ether oxygens (including phenoxy) is 1. The number of fused-ring (bicyclic) bond motifs is 1. The monoisotopic (exact) mass is 314 g/mol. The number of carbonyl (C=O) groups is 1. The first-order chi connectivity index (χ1) is 10.6. The Labute approximate surface area is 133 Å². The number of rotatable bonds is 4. The average Bonchev–Trinajstić information content (AvgIpc) is 2.89. The van der Waals surface area contributed by atoms with E-state index >= 15 is 0 Å². The van der Waals surface area contributed by atoms with Crippen molar-refractivity contribution in [3.63, 3.8) is 0 Å². The molecule has 1 fully saturated rings. The van der Waals surface area contributed by atoms with E-state index in [1.807, 2.05) is 13.0 Å². The number of nitrogens with zero attached hydrogens (tertiary/aromatic N) is 2. The molecule has 114 valence electrons. The molecule has 0 saturated heterocycles. The van der Waals surface area contributed by atoms with E-state index in [9.17, 15) is 4.79 Å². The molecule has 0 spiro atoms. The number of ketones is 1. The molecule has 4 nitrogen and oxygen atoms in total. The molecule has 1 aromatic carbocycles. The number of aromatic nitrogens is 2. The zero-order valence-electron chi connectivity index (χ0n) is 12.8. The molecule has 1 aliphatic carbocycles. The molecular formula is C17H18N2O2S. The lowest BCUT2D eigenvalue weighted by Gasteiger charge is -2.10. The van der Waals surface area contributed by atoms with Gasteiger partial charge in [-0.2, -0.15) is 0 Å². The summed E-state index contributed by atoms with van der Waals surface area (Å²) in [7, 11) is 0. The van der Waals surface area contributed by atoms with Gasteiger partial charge in [-0.3, -0.25) is 4.79 Å². The second-order valence-electron chi connectivity index (χ2n) is 6.29. The van der Waals surface area contributed by atoms with Crippen LogP contribution in [0.3, 0.4) is 0 Å². The fourth-order valence-corrected chi connectivity index (χ4v) is 3.89. The van der Waals surface area contributed by atoms with Crippen molar-refractivity contribution in [3.05, 3.63) is 38.8 Å². The van der Waals surface area contributed by atoms with Crippen LogP contribution in [0, 0.1) is 12.8 Å². The summed E-state index contributed by atoms with van der Waals surface area (Å²) in [6.07, 6.45) is 2.44. The van der Waals surface area contributed by atoms with E-state index in [1.165, 1.54) is 28.9 Å². The largest absolute Gasteiger partial charge is 0.493 e. The Hall–Kier alpha value is -1.75. The Kier molecular flexibility index (Phi) is 3.26. The fraction of sp³-hybridized carbons (Fsp3) is 0.471. The minimum absolute atomic E-state index is 0.125. The Morgan fingerprint density at radius 3 is 2.91 bits per heavy atom. The molecule has 5 heteroatoms. The Balaban J connectivity index is 1.65. The third-order valence-corrected chi connectivity index (χ3v) is 5.36. The highest BCUT2D eigenvalue weighted by Crippen LogP contribution is 2.51. The summed E-state index contributed by atoms with van der Waals surface area (Å²) in [5.41, 5.74) is 3.22. The summed E-state index contributed by atoms with van der Waals surface area (Å²) in [6.45, 7) is 4.89. The van der Waals surface area contributed by atoms with Crippen LogP contribution >= 0.6 is 11.3 Å². The number of aryl methyl sites for hydroxylation is 1. The quantitative estimate of drug-likeness (QED) is 0.812. The summed E-state index contributed by atoms with van der Waals surface area (Å²) >= 11 is 1.49. The van der Waals surface area contributed by atoms with Gasteiger partial charge >= 0.3 is 0 Å². The summed E-state index contributed by atoms with van der Waals surface area (Å²) < 4.78 is 5.80. The van der Waals surface area contributed by atoms with Crippen LogP contribution in [-0.2, 0) is 12.8 Å². The molecule has 0 amide bonds. The minimum atomic E-state index is 0.125. The van der Waals surface area contributed by atoms with Crippen LogP contribution < -0.4 is 4.74 Å². The van der Waals surface area contributed by atoms with E-state index in [1.54, 1.807) is 0 Å². The third kappa shape index (κ3) is 2.43. The molecule has 4 rings (SSSR count). The highest BCUT2D eigenvalue weighted by atomic mass is 32.1. The van der Waals surface area contributed by atoms with Crippen molar-refractivity contribution < 1.29 is 9.53 Å². The van der Waals surface area contributed by atoms with Gasteiger partial charge in [-0.1, -0.05) is 6.92 Å². The molecule has 22 heavy (non-hydrogen) atoms. The lowest BCUT2D eigenvalue weighted by atomic mass is 9.97. The number of Topliss-reactive ketones (excluding diaryl/α,β-unsaturated/α-hetero) is 1. The van der Waals surface area contributed by atoms with Crippen molar-refractivity contribution in [1.29, 1.82) is 0 Å². The highest BCUT2D eigenvalue weighted by Gasteiger charge is 2.38. The van der Waals surface area contributed by atoms with Gasteiger partial charge in [-0.25, -0.2) is 0 Å². The summed E-state index contributed by atoms with van der Waals surface area (Å²) in [5.74, 6) is 2.42. The summed E-state index contributed by atoms with van der Waals surface area (Å²) in [4.78, 5) is 12.6. The van der Waals surface area contributed by atoms with Gasteiger partial charge in [0.15, 0.2) is 5.78 Å². The van der Waals surface area contributed by atoms with Crippen molar-refractivity contribution in [1.82, 2.24) is 10.2 Å². The predicted octanol–water partition coefficient (Wildman–Crippen LogP) is 3.33. The van der Waals surface area contributed by atoms with E-state index < -0.39 is 0 Å². The molecule has 1 aromatic heterocycles.